The van der Waals surface area contributed by atoms with Crippen molar-refractivity contribution >= 4 is 17.1 Å². The van der Waals surface area contributed by atoms with Crippen molar-refractivity contribution in [2.24, 2.45) is 0 Å². The van der Waals surface area contributed by atoms with Gasteiger partial charge in [-0.1, -0.05) is 6.92 Å². The quantitative estimate of drug-likeness (QED) is 0.709. The Morgan fingerprint density at radius 1 is 1.44 bits per heavy atom. The van der Waals surface area contributed by atoms with Gasteiger partial charge in [0.25, 0.3) is 0 Å². The third kappa shape index (κ3) is 3.72. The van der Waals surface area contributed by atoms with Crippen LogP contribution in [0, 0.1) is 6.92 Å². The molecular weight excluding hydrogens is 218 g/mol. The smallest absolute Gasteiger partial charge is 0.186 e. The lowest BCUT2D eigenvalue weighted by Gasteiger charge is -2.24. The van der Waals surface area contributed by atoms with Crippen LogP contribution in [0.3, 0.4) is 0 Å². The van der Waals surface area contributed by atoms with E-state index < -0.39 is 0 Å². The van der Waals surface area contributed by atoms with Crippen LogP contribution in [0.1, 0.15) is 41.7 Å². The second-order valence-corrected chi connectivity index (χ2v) is 5.69. The molecule has 2 nitrogen and oxygen atoms in total. The van der Waals surface area contributed by atoms with Gasteiger partial charge in [-0.05, 0) is 45.9 Å². The third-order valence-electron chi connectivity index (χ3n) is 2.60. The van der Waals surface area contributed by atoms with Gasteiger partial charge in [-0.2, -0.15) is 0 Å². The van der Waals surface area contributed by atoms with E-state index in [9.17, 15) is 4.79 Å². The van der Waals surface area contributed by atoms with Crippen molar-refractivity contribution in [2.45, 2.75) is 40.2 Å². The first kappa shape index (κ1) is 13.4. The Morgan fingerprint density at radius 2 is 2.12 bits per heavy atom. The number of ketones is 1. The van der Waals surface area contributed by atoms with Gasteiger partial charge in [0.05, 0.1) is 11.4 Å². The SMILES string of the molecule is CCCN(CC(=O)c1ccc(C)s1)C(C)C. The number of thiophene rings is 1. The van der Waals surface area contributed by atoms with E-state index in [2.05, 4.69) is 25.7 Å². The van der Waals surface area contributed by atoms with Crippen molar-refractivity contribution in [2.75, 3.05) is 13.1 Å². The Morgan fingerprint density at radius 3 is 2.56 bits per heavy atom. The normalized spacial score (nSPS) is 11.4. The molecule has 0 aliphatic rings. The zero-order valence-corrected chi connectivity index (χ0v) is 11.4. The van der Waals surface area contributed by atoms with Crippen molar-refractivity contribution in [1.82, 2.24) is 4.90 Å². The van der Waals surface area contributed by atoms with Gasteiger partial charge >= 0.3 is 0 Å². The summed E-state index contributed by atoms with van der Waals surface area (Å²) in [7, 11) is 0. The van der Waals surface area contributed by atoms with Crippen molar-refractivity contribution < 1.29 is 4.79 Å². The molecule has 0 bridgehead atoms. The Labute approximate surface area is 102 Å². The van der Waals surface area contributed by atoms with E-state index in [1.54, 1.807) is 11.3 Å². The summed E-state index contributed by atoms with van der Waals surface area (Å²) in [5.41, 5.74) is 0. The fourth-order valence-electron chi connectivity index (χ4n) is 1.65. The van der Waals surface area contributed by atoms with Gasteiger partial charge in [-0.15, -0.1) is 11.3 Å². The molecule has 3 heteroatoms. The van der Waals surface area contributed by atoms with Crippen molar-refractivity contribution in [3.05, 3.63) is 21.9 Å². The molecule has 0 aliphatic carbocycles. The molecule has 0 radical (unpaired) electrons. The molecule has 0 N–H and O–H groups in total. The lowest BCUT2D eigenvalue weighted by molar-refractivity contribution is 0.0910. The number of nitrogens with zero attached hydrogens (tertiary/aromatic N) is 1. The minimum atomic E-state index is 0.250. The second-order valence-electron chi connectivity index (χ2n) is 4.40. The largest absolute Gasteiger partial charge is 0.293 e. The van der Waals surface area contributed by atoms with Gasteiger partial charge < -0.3 is 0 Å². The summed E-state index contributed by atoms with van der Waals surface area (Å²) in [6.45, 7) is 10.0. The van der Waals surface area contributed by atoms with E-state index in [-0.39, 0.29) is 5.78 Å². The topological polar surface area (TPSA) is 20.3 Å². The fraction of sp³-hybridized carbons (Fsp3) is 0.615. The monoisotopic (exact) mass is 239 g/mol. The lowest BCUT2D eigenvalue weighted by atomic mass is 10.2. The predicted molar refractivity (Wildman–Crippen MR) is 70.4 cm³/mol. The van der Waals surface area contributed by atoms with Crippen molar-refractivity contribution in [3.63, 3.8) is 0 Å². The number of Topliss-reactive ketones (excluding diaryl/α,β-unsaturated/α-hetero) is 1. The fourth-order valence-corrected chi connectivity index (χ4v) is 2.45. The summed E-state index contributed by atoms with van der Waals surface area (Å²) in [6, 6.07) is 4.38. The van der Waals surface area contributed by atoms with E-state index in [0.717, 1.165) is 17.8 Å². The molecule has 0 amide bonds. The Balaban J connectivity index is 2.61. The van der Waals surface area contributed by atoms with Gasteiger partial charge in [-0.25, -0.2) is 0 Å². The number of carbonyl (C=O) groups excluding carboxylic acids is 1. The summed E-state index contributed by atoms with van der Waals surface area (Å²) in [6.07, 6.45) is 1.09. The van der Waals surface area contributed by atoms with Crippen molar-refractivity contribution in [1.29, 1.82) is 0 Å². The highest BCUT2D eigenvalue weighted by molar-refractivity contribution is 7.14. The van der Waals surface area contributed by atoms with Crippen LogP contribution in [0.2, 0.25) is 0 Å². The Bertz CT molecular complexity index is 343. The van der Waals surface area contributed by atoms with E-state index >= 15 is 0 Å². The molecule has 90 valence electrons. The molecule has 0 spiro atoms. The third-order valence-corrected chi connectivity index (χ3v) is 3.64. The average molecular weight is 239 g/mol. The molecule has 1 heterocycles. The highest BCUT2D eigenvalue weighted by Crippen LogP contribution is 2.16. The van der Waals surface area contributed by atoms with Crippen LogP contribution in [0.4, 0.5) is 0 Å². The number of rotatable bonds is 6. The average Bonchev–Trinajstić information content (AvgIpc) is 2.64. The maximum Gasteiger partial charge on any atom is 0.186 e. The molecule has 1 aromatic rings. The zero-order valence-electron chi connectivity index (χ0n) is 10.6. The van der Waals surface area contributed by atoms with Crippen LogP contribution < -0.4 is 0 Å². The first-order chi connectivity index (χ1) is 7.54. The molecular formula is C13H21NOS. The van der Waals surface area contributed by atoms with Gasteiger partial charge in [0.1, 0.15) is 0 Å². The molecule has 0 unspecified atom stereocenters. The van der Waals surface area contributed by atoms with E-state index in [1.807, 2.05) is 19.1 Å². The van der Waals surface area contributed by atoms with Crippen LogP contribution in [0.5, 0.6) is 0 Å². The summed E-state index contributed by atoms with van der Waals surface area (Å²) >= 11 is 1.59. The van der Waals surface area contributed by atoms with Crippen molar-refractivity contribution in [3.8, 4) is 0 Å². The standard InChI is InChI=1S/C13H21NOS/c1-5-8-14(10(2)3)9-12(15)13-7-6-11(4)16-13/h6-7,10H,5,8-9H2,1-4H3. The predicted octanol–water partition coefficient (Wildman–Crippen LogP) is 3.36. The molecule has 0 aliphatic heterocycles. The maximum atomic E-state index is 12.0. The lowest BCUT2D eigenvalue weighted by Crippen LogP contribution is -2.36. The summed E-state index contributed by atoms with van der Waals surface area (Å²) in [4.78, 5) is 16.3. The maximum absolute atomic E-state index is 12.0. The highest BCUT2D eigenvalue weighted by atomic mass is 32.1. The number of hydrogen-bond acceptors (Lipinski definition) is 3. The first-order valence-corrected chi connectivity index (χ1v) is 6.70. The Hall–Kier alpha value is -0.670. The number of carbonyl (C=O) groups is 1. The van der Waals surface area contributed by atoms with Crippen LogP contribution in [-0.4, -0.2) is 29.8 Å². The van der Waals surface area contributed by atoms with Gasteiger partial charge in [0.2, 0.25) is 0 Å². The zero-order chi connectivity index (χ0) is 12.1. The molecule has 0 saturated heterocycles. The molecule has 1 rings (SSSR count). The molecule has 0 saturated carbocycles. The van der Waals surface area contributed by atoms with Crippen LogP contribution in [0.15, 0.2) is 12.1 Å². The van der Waals surface area contributed by atoms with Gasteiger partial charge in [0, 0.05) is 10.9 Å². The van der Waals surface area contributed by atoms with Crippen LogP contribution in [0.25, 0.3) is 0 Å². The van der Waals surface area contributed by atoms with Crippen LogP contribution >= 0.6 is 11.3 Å². The second kappa shape index (κ2) is 6.16. The summed E-state index contributed by atoms with van der Waals surface area (Å²) < 4.78 is 0. The Kier molecular flexibility index (Phi) is 5.16. The molecule has 1 aromatic heterocycles. The summed E-state index contributed by atoms with van der Waals surface area (Å²) in [5.74, 6) is 0.250. The van der Waals surface area contributed by atoms with E-state index in [4.69, 9.17) is 0 Å². The number of hydrogen-bond donors (Lipinski definition) is 0. The van der Waals surface area contributed by atoms with Crippen LogP contribution in [-0.2, 0) is 0 Å². The highest BCUT2D eigenvalue weighted by Gasteiger charge is 2.15. The molecule has 0 aromatic carbocycles. The van der Waals surface area contributed by atoms with E-state index in [1.165, 1.54) is 4.88 Å². The first-order valence-electron chi connectivity index (χ1n) is 5.88. The van der Waals surface area contributed by atoms with Gasteiger partial charge in [0.15, 0.2) is 5.78 Å². The molecule has 0 fully saturated rings. The van der Waals surface area contributed by atoms with Gasteiger partial charge in [-0.3, -0.25) is 9.69 Å². The molecule has 16 heavy (non-hydrogen) atoms. The molecule has 0 atom stereocenters. The minimum absolute atomic E-state index is 0.250. The summed E-state index contributed by atoms with van der Waals surface area (Å²) in [5, 5.41) is 0. The number of aryl methyl sites for hydroxylation is 1. The van der Waals surface area contributed by atoms with E-state index in [0.29, 0.717) is 12.6 Å². The minimum Gasteiger partial charge on any atom is -0.293 e.